The third-order valence-corrected chi connectivity index (χ3v) is 4.25. The van der Waals surface area contributed by atoms with E-state index >= 15 is 0 Å². The molecule has 0 bridgehead atoms. The van der Waals surface area contributed by atoms with E-state index in [9.17, 15) is 9.18 Å². The van der Waals surface area contributed by atoms with Crippen molar-refractivity contribution >= 4 is 11.7 Å². The lowest BCUT2D eigenvalue weighted by molar-refractivity contribution is -0.129. The van der Waals surface area contributed by atoms with Gasteiger partial charge in [0.15, 0.2) is 0 Å². The van der Waals surface area contributed by atoms with E-state index in [1.807, 2.05) is 18.1 Å². The molecular formula is C16H21FN6O. The Bertz CT molecular complexity index is 691. The van der Waals surface area contributed by atoms with Crippen molar-refractivity contribution in [1.82, 2.24) is 24.6 Å². The van der Waals surface area contributed by atoms with Gasteiger partial charge < -0.3 is 9.80 Å². The largest absolute Gasteiger partial charge is 0.349 e. The average molecular weight is 332 g/mol. The maximum Gasteiger partial charge on any atom is 0.226 e. The molecule has 0 aromatic carbocycles. The highest BCUT2D eigenvalue weighted by Crippen LogP contribution is 2.26. The van der Waals surface area contributed by atoms with Gasteiger partial charge in [-0.25, -0.2) is 14.4 Å². The number of aromatic nitrogens is 4. The number of alkyl halides is 1. The molecule has 24 heavy (non-hydrogen) atoms. The lowest BCUT2D eigenvalue weighted by Gasteiger charge is -2.29. The summed E-state index contributed by atoms with van der Waals surface area (Å²) in [5.41, 5.74) is 0.872. The molecule has 1 saturated heterocycles. The topological polar surface area (TPSA) is 67.2 Å². The number of hydrogen-bond donors (Lipinski definition) is 0. The lowest BCUT2D eigenvalue weighted by atomic mass is 10.1. The third-order valence-electron chi connectivity index (χ3n) is 4.25. The minimum atomic E-state index is -0.910. The second-order valence-corrected chi connectivity index (χ2v) is 6.18. The molecule has 1 aliphatic rings. The Hall–Kier alpha value is -2.51. The second-order valence-electron chi connectivity index (χ2n) is 6.18. The predicted molar refractivity (Wildman–Crippen MR) is 87.2 cm³/mol. The van der Waals surface area contributed by atoms with Gasteiger partial charge in [-0.1, -0.05) is 0 Å². The van der Waals surface area contributed by atoms with Gasteiger partial charge in [-0.05, 0) is 11.6 Å². The van der Waals surface area contributed by atoms with E-state index in [4.69, 9.17) is 0 Å². The number of likely N-dealkylation sites (N-methyl/N-ethyl adjacent to an activating group) is 1. The molecule has 0 spiro atoms. The van der Waals surface area contributed by atoms with Gasteiger partial charge in [0.25, 0.3) is 0 Å². The number of aryl methyl sites for hydroxylation is 1. The highest BCUT2D eigenvalue weighted by molar-refractivity contribution is 5.78. The molecule has 2 aromatic heterocycles. The molecular weight excluding hydrogens is 311 g/mol. The van der Waals surface area contributed by atoms with Crippen LogP contribution in [0.2, 0.25) is 0 Å². The zero-order chi connectivity index (χ0) is 17.1. The molecule has 0 radical (unpaired) electrons. The van der Waals surface area contributed by atoms with Crippen LogP contribution in [0.25, 0.3) is 0 Å². The number of hydrogen-bond acceptors (Lipinski definition) is 5. The molecule has 0 aliphatic carbocycles. The van der Waals surface area contributed by atoms with Gasteiger partial charge >= 0.3 is 0 Å². The van der Waals surface area contributed by atoms with E-state index < -0.39 is 6.17 Å². The molecule has 1 aliphatic heterocycles. The molecule has 8 heteroatoms. The van der Waals surface area contributed by atoms with Gasteiger partial charge in [0.05, 0.1) is 25.2 Å². The van der Waals surface area contributed by atoms with Gasteiger partial charge in [-0.2, -0.15) is 5.10 Å². The van der Waals surface area contributed by atoms with Crippen molar-refractivity contribution in [2.75, 3.05) is 25.0 Å². The monoisotopic (exact) mass is 332 g/mol. The molecule has 7 nitrogen and oxygen atoms in total. The number of nitrogens with zero attached hydrogens (tertiary/aromatic N) is 6. The van der Waals surface area contributed by atoms with Crippen molar-refractivity contribution in [3.05, 3.63) is 36.5 Å². The van der Waals surface area contributed by atoms with Crippen LogP contribution in [0.5, 0.6) is 0 Å². The predicted octanol–water partition coefficient (Wildman–Crippen LogP) is 0.828. The number of carbonyl (C=O) groups excluding carboxylic acids is 1. The SMILES string of the molecule is CN(C[C@@H]1C[C@H](F)CN1c1ccncn1)C(=O)Cc1cnn(C)c1. The van der Waals surface area contributed by atoms with Crippen LogP contribution in [0.1, 0.15) is 12.0 Å². The summed E-state index contributed by atoms with van der Waals surface area (Å²) >= 11 is 0. The zero-order valence-corrected chi connectivity index (χ0v) is 13.8. The highest BCUT2D eigenvalue weighted by Gasteiger charge is 2.34. The Morgan fingerprint density at radius 1 is 1.50 bits per heavy atom. The molecule has 2 aromatic rings. The molecule has 0 saturated carbocycles. The van der Waals surface area contributed by atoms with E-state index in [1.54, 1.807) is 35.1 Å². The Morgan fingerprint density at radius 3 is 3.00 bits per heavy atom. The van der Waals surface area contributed by atoms with Gasteiger partial charge in [0, 0.05) is 39.5 Å². The Kier molecular flexibility index (Phi) is 4.73. The standard InChI is InChI=1S/C16H21FN6O/c1-21(16(24)5-12-7-20-22(2)8-12)10-14-6-13(17)9-23(14)15-3-4-18-11-19-15/h3-4,7-8,11,13-14H,5-6,9-10H2,1-2H3/t13-,14-/m0/s1. The van der Waals surface area contributed by atoms with Gasteiger partial charge in [0.2, 0.25) is 5.91 Å². The number of carbonyl (C=O) groups is 1. The Morgan fingerprint density at radius 2 is 2.33 bits per heavy atom. The first-order chi connectivity index (χ1) is 11.5. The van der Waals surface area contributed by atoms with Crippen LogP contribution in [0.3, 0.4) is 0 Å². The second kappa shape index (κ2) is 6.94. The average Bonchev–Trinajstić information content (AvgIpc) is 3.13. The van der Waals surface area contributed by atoms with E-state index in [1.165, 1.54) is 6.33 Å². The summed E-state index contributed by atoms with van der Waals surface area (Å²) < 4.78 is 15.6. The summed E-state index contributed by atoms with van der Waals surface area (Å²) in [6.07, 6.45) is 6.39. The molecule has 128 valence electrons. The van der Waals surface area contributed by atoms with E-state index in [-0.39, 0.29) is 11.9 Å². The summed E-state index contributed by atoms with van der Waals surface area (Å²) in [6.45, 7) is 0.760. The number of rotatable bonds is 5. The van der Waals surface area contributed by atoms with Crippen LogP contribution in [0.4, 0.5) is 10.2 Å². The van der Waals surface area contributed by atoms with Crippen LogP contribution in [0.15, 0.2) is 31.0 Å². The maximum absolute atomic E-state index is 13.9. The zero-order valence-electron chi connectivity index (χ0n) is 13.8. The summed E-state index contributed by atoms with van der Waals surface area (Å²) in [7, 11) is 3.57. The number of anilines is 1. The fraction of sp³-hybridized carbons (Fsp3) is 0.500. The van der Waals surface area contributed by atoms with Crippen molar-refractivity contribution in [1.29, 1.82) is 0 Å². The smallest absolute Gasteiger partial charge is 0.226 e. The summed E-state index contributed by atoms with van der Waals surface area (Å²) in [4.78, 5) is 24.1. The Balaban J connectivity index is 1.63. The molecule has 0 unspecified atom stereocenters. The quantitative estimate of drug-likeness (QED) is 0.811. The van der Waals surface area contributed by atoms with Gasteiger partial charge in [-0.3, -0.25) is 9.48 Å². The van der Waals surface area contributed by atoms with Crippen molar-refractivity contribution in [3.63, 3.8) is 0 Å². The van der Waals surface area contributed by atoms with Crippen LogP contribution < -0.4 is 4.90 Å². The van der Waals surface area contributed by atoms with Crippen molar-refractivity contribution in [2.24, 2.45) is 7.05 Å². The molecule has 1 fully saturated rings. The molecule has 3 heterocycles. The molecule has 1 amide bonds. The van der Waals surface area contributed by atoms with Crippen molar-refractivity contribution in [3.8, 4) is 0 Å². The van der Waals surface area contributed by atoms with Crippen LogP contribution >= 0.6 is 0 Å². The third kappa shape index (κ3) is 3.69. The fourth-order valence-electron chi connectivity index (χ4n) is 3.06. The fourth-order valence-corrected chi connectivity index (χ4v) is 3.06. The minimum Gasteiger partial charge on any atom is -0.349 e. The Labute approximate surface area is 140 Å². The number of amides is 1. The van der Waals surface area contributed by atoms with Gasteiger partial charge in [-0.15, -0.1) is 0 Å². The summed E-state index contributed by atoms with van der Waals surface area (Å²) in [5.74, 6) is 0.691. The van der Waals surface area contributed by atoms with Crippen LogP contribution in [0, 0.1) is 0 Å². The van der Waals surface area contributed by atoms with E-state index in [0.717, 1.165) is 5.56 Å². The maximum atomic E-state index is 13.9. The number of halogens is 1. The highest BCUT2D eigenvalue weighted by atomic mass is 19.1. The summed E-state index contributed by atoms with van der Waals surface area (Å²) in [5, 5.41) is 4.07. The van der Waals surface area contributed by atoms with Crippen LogP contribution in [-0.2, 0) is 18.3 Å². The van der Waals surface area contributed by atoms with Crippen molar-refractivity contribution < 1.29 is 9.18 Å². The van der Waals surface area contributed by atoms with Crippen LogP contribution in [-0.4, -0.2) is 62.9 Å². The molecule has 3 rings (SSSR count). The van der Waals surface area contributed by atoms with Gasteiger partial charge in [0.1, 0.15) is 18.3 Å². The molecule has 2 atom stereocenters. The summed E-state index contributed by atoms with van der Waals surface area (Å²) in [6, 6.07) is 1.68. The van der Waals surface area contributed by atoms with E-state index in [2.05, 4.69) is 15.1 Å². The first-order valence-corrected chi connectivity index (χ1v) is 7.91. The normalized spacial score (nSPS) is 20.4. The minimum absolute atomic E-state index is 0.00653. The first kappa shape index (κ1) is 16.4. The van der Waals surface area contributed by atoms with Crippen molar-refractivity contribution in [2.45, 2.75) is 25.1 Å². The first-order valence-electron chi connectivity index (χ1n) is 7.91. The molecule has 0 N–H and O–H groups in total. The van der Waals surface area contributed by atoms with E-state index in [0.29, 0.717) is 31.7 Å². The lowest BCUT2D eigenvalue weighted by Crippen LogP contribution is -2.42.